The molecule has 2 atom stereocenters. The highest BCUT2D eigenvalue weighted by Gasteiger charge is 2.43. The summed E-state index contributed by atoms with van der Waals surface area (Å²) in [6.07, 6.45) is 10.8. The van der Waals surface area contributed by atoms with E-state index < -0.39 is 11.2 Å². The highest BCUT2D eigenvalue weighted by atomic mass is 16.5. The Kier molecular flexibility index (Phi) is 11.1. The van der Waals surface area contributed by atoms with Crippen LogP contribution >= 0.6 is 0 Å². The molecule has 0 saturated heterocycles. The van der Waals surface area contributed by atoms with Gasteiger partial charge in [0, 0.05) is 12.8 Å². The van der Waals surface area contributed by atoms with Crippen molar-refractivity contribution >= 4 is 0 Å². The van der Waals surface area contributed by atoms with Crippen LogP contribution in [0.4, 0.5) is 0 Å². The maximum absolute atomic E-state index is 7.45. The van der Waals surface area contributed by atoms with Crippen LogP contribution in [0.3, 0.4) is 0 Å². The Bertz CT molecular complexity index is 766. The summed E-state index contributed by atoms with van der Waals surface area (Å²) in [7, 11) is 0. The second-order valence-electron chi connectivity index (χ2n) is 9.89. The molecule has 0 bridgehead atoms. The van der Waals surface area contributed by atoms with E-state index in [0.29, 0.717) is 0 Å². The largest absolute Gasteiger partial charge is 0.359 e. The van der Waals surface area contributed by atoms with Crippen molar-refractivity contribution in [2.75, 3.05) is 0 Å². The lowest BCUT2D eigenvalue weighted by atomic mass is 9.79. The first kappa shape index (κ1) is 27.1. The zero-order valence-electron chi connectivity index (χ0n) is 21.7. The summed E-state index contributed by atoms with van der Waals surface area (Å²) in [5.74, 6) is 0. The number of hydrogen-bond donors (Lipinski definition) is 0. The zero-order valence-corrected chi connectivity index (χ0v) is 21.7. The van der Waals surface area contributed by atoms with Crippen LogP contribution in [0.15, 0.2) is 85.0 Å². The molecule has 0 radical (unpaired) electrons. The highest BCUT2D eigenvalue weighted by Crippen LogP contribution is 2.42. The van der Waals surface area contributed by atoms with Gasteiger partial charge in [-0.25, -0.2) is 0 Å². The Morgan fingerprint density at radius 1 is 0.636 bits per heavy atom. The molecule has 0 fully saturated rings. The second kappa shape index (κ2) is 13.6. The van der Waals surface area contributed by atoms with Crippen LogP contribution in [0.1, 0.15) is 90.2 Å². The van der Waals surface area contributed by atoms with Crippen LogP contribution in [0, 0.1) is 0 Å². The number of ether oxygens (including phenoxy) is 1. The van der Waals surface area contributed by atoms with Gasteiger partial charge in [0.2, 0.25) is 0 Å². The third-order valence-corrected chi connectivity index (χ3v) is 6.98. The normalized spacial score (nSPS) is 14.9. The van der Waals surface area contributed by atoms with Crippen molar-refractivity contribution in [3.8, 4) is 0 Å². The quantitative estimate of drug-likeness (QED) is 0.184. The Morgan fingerprint density at radius 3 is 1.30 bits per heavy atom. The molecule has 2 aromatic rings. The standard InChI is InChI=1S/C32H46O/c1-7-9-17-23-31(27(3)4,25-29-19-13-11-14-20-29)33-32(28(5)6,24-18-10-8-2)26-30-21-15-12-16-22-30/h11-16,19-22H,3,5,7-10,17-18,23-26H2,1-2,4,6H3. The fraction of sp³-hybridized carbons (Fsp3) is 0.500. The maximum atomic E-state index is 7.45. The van der Waals surface area contributed by atoms with Crippen molar-refractivity contribution in [3.05, 3.63) is 96.1 Å². The van der Waals surface area contributed by atoms with E-state index in [2.05, 4.69) is 102 Å². The van der Waals surface area contributed by atoms with Crippen molar-refractivity contribution in [3.63, 3.8) is 0 Å². The van der Waals surface area contributed by atoms with Gasteiger partial charge >= 0.3 is 0 Å². The predicted molar refractivity (Wildman–Crippen MR) is 145 cm³/mol. The van der Waals surface area contributed by atoms with Gasteiger partial charge in [0.15, 0.2) is 0 Å². The first-order valence-electron chi connectivity index (χ1n) is 13.0. The summed E-state index contributed by atoms with van der Waals surface area (Å²) in [6.45, 7) is 17.8. The van der Waals surface area contributed by atoms with Gasteiger partial charge in [-0.05, 0) is 49.0 Å². The van der Waals surface area contributed by atoms with Crippen molar-refractivity contribution < 1.29 is 4.74 Å². The minimum Gasteiger partial charge on any atom is -0.359 e. The number of benzene rings is 2. The molecule has 0 spiro atoms. The topological polar surface area (TPSA) is 9.23 Å². The van der Waals surface area contributed by atoms with E-state index in [1.54, 1.807) is 0 Å². The highest BCUT2D eigenvalue weighted by molar-refractivity contribution is 5.27. The Hall–Kier alpha value is -2.12. The molecular formula is C32H46O. The van der Waals surface area contributed by atoms with Crippen LogP contribution in [0.5, 0.6) is 0 Å². The minimum absolute atomic E-state index is 0.406. The van der Waals surface area contributed by atoms with E-state index in [-0.39, 0.29) is 0 Å². The predicted octanol–water partition coefficient (Wildman–Crippen LogP) is 9.28. The molecule has 2 aromatic carbocycles. The Balaban J connectivity index is 2.52. The molecule has 180 valence electrons. The molecule has 0 amide bonds. The average Bonchev–Trinajstić information content (AvgIpc) is 2.80. The first-order chi connectivity index (χ1) is 15.9. The van der Waals surface area contributed by atoms with Crippen LogP contribution < -0.4 is 0 Å². The van der Waals surface area contributed by atoms with Gasteiger partial charge in [-0.3, -0.25) is 0 Å². The maximum Gasteiger partial charge on any atom is 0.0938 e. The summed E-state index contributed by atoms with van der Waals surface area (Å²) in [5.41, 5.74) is 4.04. The molecule has 1 nitrogen and oxygen atoms in total. The first-order valence-corrected chi connectivity index (χ1v) is 13.0. The molecular weight excluding hydrogens is 400 g/mol. The fourth-order valence-corrected chi connectivity index (χ4v) is 4.80. The number of rotatable bonds is 16. The minimum atomic E-state index is -0.406. The Morgan fingerprint density at radius 2 is 1.00 bits per heavy atom. The second-order valence-corrected chi connectivity index (χ2v) is 9.89. The summed E-state index contributed by atoms with van der Waals surface area (Å²) in [4.78, 5) is 0. The van der Waals surface area contributed by atoms with E-state index in [9.17, 15) is 0 Å². The van der Waals surface area contributed by atoms with Gasteiger partial charge in [-0.15, -0.1) is 0 Å². The lowest BCUT2D eigenvalue weighted by Gasteiger charge is -2.46. The zero-order chi connectivity index (χ0) is 24.2. The van der Waals surface area contributed by atoms with Crippen LogP contribution in [0.2, 0.25) is 0 Å². The molecule has 0 aliphatic rings. The van der Waals surface area contributed by atoms with Gasteiger partial charge in [-0.1, -0.05) is 126 Å². The van der Waals surface area contributed by atoms with Gasteiger partial charge in [0.1, 0.15) is 0 Å². The van der Waals surface area contributed by atoms with E-state index in [1.165, 1.54) is 36.8 Å². The molecule has 0 aliphatic heterocycles. The van der Waals surface area contributed by atoms with E-state index in [1.807, 2.05) is 0 Å². The summed E-state index contributed by atoms with van der Waals surface area (Å²) >= 11 is 0. The molecule has 0 saturated carbocycles. The molecule has 33 heavy (non-hydrogen) atoms. The van der Waals surface area contributed by atoms with Crippen molar-refractivity contribution in [1.82, 2.24) is 0 Å². The Labute approximate surface area is 204 Å². The van der Waals surface area contributed by atoms with Gasteiger partial charge in [-0.2, -0.15) is 0 Å². The third kappa shape index (κ3) is 8.00. The molecule has 0 N–H and O–H groups in total. The smallest absolute Gasteiger partial charge is 0.0938 e. The van der Waals surface area contributed by atoms with Crippen LogP contribution in [-0.2, 0) is 17.6 Å². The molecule has 0 aliphatic carbocycles. The lowest BCUT2D eigenvalue weighted by molar-refractivity contribution is -0.128. The van der Waals surface area contributed by atoms with Gasteiger partial charge in [0.05, 0.1) is 11.2 Å². The van der Waals surface area contributed by atoms with Crippen molar-refractivity contribution in [2.24, 2.45) is 0 Å². The van der Waals surface area contributed by atoms with E-state index >= 15 is 0 Å². The molecule has 0 aromatic heterocycles. The van der Waals surface area contributed by atoms with Crippen molar-refractivity contribution in [1.29, 1.82) is 0 Å². The summed E-state index contributed by atoms with van der Waals surface area (Å²) in [6, 6.07) is 21.6. The van der Waals surface area contributed by atoms with Gasteiger partial charge in [0.25, 0.3) is 0 Å². The fourth-order valence-electron chi connectivity index (χ4n) is 4.80. The van der Waals surface area contributed by atoms with E-state index in [4.69, 9.17) is 4.74 Å². The third-order valence-electron chi connectivity index (χ3n) is 6.98. The molecule has 1 heteroatoms. The average molecular weight is 447 g/mol. The van der Waals surface area contributed by atoms with Gasteiger partial charge < -0.3 is 4.74 Å². The van der Waals surface area contributed by atoms with E-state index in [0.717, 1.165) is 49.7 Å². The lowest BCUT2D eigenvalue weighted by Crippen LogP contribution is -2.49. The summed E-state index contributed by atoms with van der Waals surface area (Å²) in [5, 5.41) is 0. The number of unbranched alkanes of at least 4 members (excludes halogenated alkanes) is 4. The SMILES string of the molecule is C=C(C)C(CCCCC)(Cc1ccccc1)OC(CCCCC)(Cc1ccccc1)C(=C)C. The van der Waals surface area contributed by atoms with Crippen LogP contribution in [-0.4, -0.2) is 11.2 Å². The monoisotopic (exact) mass is 446 g/mol. The molecule has 2 rings (SSSR count). The summed E-state index contributed by atoms with van der Waals surface area (Å²) < 4.78 is 7.45. The van der Waals surface area contributed by atoms with Crippen LogP contribution in [0.25, 0.3) is 0 Å². The van der Waals surface area contributed by atoms with Crippen molar-refractivity contribution in [2.45, 2.75) is 103 Å². The number of hydrogen-bond acceptors (Lipinski definition) is 1. The molecule has 0 heterocycles. The molecule has 2 unspecified atom stereocenters.